The Morgan fingerprint density at radius 3 is 2.91 bits per heavy atom. The Kier molecular flexibility index (Phi) is 3.13. The van der Waals surface area contributed by atoms with Gasteiger partial charge in [0.25, 0.3) is 0 Å². The predicted molar refractivity (Wildman–Crippen MR) is 47.5 cm³/mol. The summed E-state index contributed by atoms with van der Waals surface area (Å²) >= 11 is 0. The van der Waals surface area contributed by atoms with E-state index in [1.807, 2.05) is 0 Å². The van der Waals surface area contributed by atoms with Crippen LogP contribution in [0.25, 0.3) is 0 Å². The fourth-order valence-electron chi connectivity index (χ4n) is 1.49. The van der Waals surface area contributed by atoms with Crippen LogP contribution in [0.1, 0.15) is 26.7 Å². The van der Waals surface area contributed by atoms with Crippen molar-refractivity contribution in [3.8, 4) is 0 Å². The molecule has 0 aromatic heterocycles. The van der Waals surface area contributed by atoms with Crippen molar-refractivity contribution >= 4 is 0 Å². The topological polar surface area (TPSA) is 9.23 Å². The first-order valence-electron chi connectivity index (χ1n) is 4.52. The van der Waals surface area contributed by atoms with Crippen molar-refractivity contribution in [2.45, 2.75) is 26.7 Å². The molecule has 1 heteroatoms. The molecule has 0 amide bonds. The van der Waals surface area contributed by atoms with Gasteiger partial charge in [-0.3, -0.25) is 0 Å². The van der Waals surface area contributed by atoms with Gasteiger partial charge in [0.15, 0.2) is 0 Å². The molecule has 0 aromatic rings. The third-order valence-corrected chi connectivity index (χ3v) is 2.70. The fraction of sp³-hybridized carbons (Fsp3) is 0.800. The van der Waals surface area contributed by atoms with Gasteiger partial charge in [-0.15, -0.1) is 0 Å². The van der Waals surface area contributed by atoms with Gasteiger partial charge < -0.3 is 4.74 Å². The monoisotopic (exact) mass is 154 g/mol. The molecule has 0 aromatic carbocycles. The van der Waals surface area contributed by atoms with Gasteiger partial charge in [0.1, 0.15) is 0 Å². The minimum Gasteiger partial charge on any atom is -0.381 e. The molecule has 2 unspecified atom stereocenters. The summed E-state index contributed by atoms with van der Waals surface area (Å²) in [6.07, 6.45) is 2.39. The van der Waals surface area contributed by atoms with Gasteiger partial charge in [-0.2, -0.15) is 0 Å². The lowest BCUT2D eigenvalue weighted by Gasteiger charge is -2.17. The minimum absolute atomic E-state index is 0.643. The quantitative estimate of drug-likeness (QED) is 0.568. The second-order valence-electron chi connectivity index (χ2n) is 3.44. The molecule has 0 N–H and O–H groups in total. The summed E-state index contributed by atoms with van der Waals surface area (Å²) in [5.41, 5.74) is 1.39. The molecule has 1 nitrogen and oxygen atoms in total. The molecule has 2 atom stereocenters. The van der Waals surface area contributed by atoms with Crippen molar-refractivity contribution in [3.63, 3.8) is 0 Å². The fourth-order valence-corrected chi connectivity index (χ4v) is 1.49. The molecule has 0 bridgehead atoms. The smallest absolute Gasteiger partial charge is 0.0532 e. The first-order valence-corrected chi connectivity index (χ1v) is 4.52. The van der Waals surface area contributed by atoms with E-state index >= 15 is 0 Å². The number of rotatable bonds is 3. The Morgan fingerprint density at radius 2 is 2.45 bits per heavy atom. The maximum Gasteiger partial charge on any atom is 0.0532 e. The third-order valence-electron chi connectivity index (χ3n) is 2.70. The highest BCUT2D eigenvalue weighted by molar-refractivity contribution is 5.05. The first kappa shape index (κ1) is 8.79. The largest absolute Gasteiger partial charge is 0.381 e. The lowest BCUT2D eigenvalue weighted by Crippen LogP contribution is -2.09. The second kappa shape index (κ2) is 3.91. The van der Waals surface area contributed by atoms with E-state index in [2.05, 4.69) is 20.4 Å². The van der Waals surface area contributed by atoms with E-state index in [1.165, 1.54) is 18.4 Å². The molecule has 0 radical (unpaired) electrons. The van der Waals surface area contributed by atoms with E-state index in [9.17, 15) is 0 Å². The van der Waals surface area contributed by atoms with Crippen molar-refractivity contribution < 1.29 is 4.74 Å². The molecule has 11 heavy (non-hydrogen) atoms. The Morgan fingerprint density at radius 1 is 1.73 bits per heavy atom. The summed E-state index contributed by atoms with van der Waals surface area (Å²) in [5, 5.41) is 0. The van der Waals surface area contributed by atoms with Gasteiger partial charge in [-0.05, 0) is 18.8 Å². The zero-order valence-corrected chi connectivity index (χ0v) is 7.60. The molecule has 0 saturated carbocycles. The van der Waals surface area contributed by atoms with Crippen molar-refractivity contribution in [2.75, 3.05) is 13.2 Å². The van der Waals surface area contributed by atoms with Gasteiger partial charge in [-0.25, -0.2) is 0 Å². The van der Waals surface area contributed by atoms with Crippen molar-refractivity contribution in [1.29, 1.82) is 0 Å². The molecular weight excluding hydrogens is 136 g/mol. The van der Waals surface area contributed by atoms with Gasteiger partial charge in [0.2, 0.25) is 0 Å². The van der Waals surface area contributed by atoms with Crippen molar-refractivity contribution in [3.05, 3.63) is 12.2 Å². The molecule has 1 rings (SSSR count). The lowest BCUT2D eigenvalue weighted by molar-refractivity contribution is 0.189. The third kappa shape index (κ3) is 2.06. The lowest BCUT2D eigenvalue weighted by atomic mass is 9.88. The van der Waals surface area contributed by atoms with E-state index in [-0.39, 0.29) is 0 Å². The van der Waals surface area contributed by atoms with Crippen LogP contribution >= 0.6 is 0 Å². The summed E-state index contributed by atoms with van der Waals surface area (Å²) in [5.74, 6) is 1.31. The Balaban J connectivity index is 2.39. The summed E-state index contributed by atoms with van der Waals surface area (Å²) in [7, 11) is 0. The van der Waals surface area contributed by atoms with Crippen molar-refractivity contribution in [2.24, 2.45) is 11.8 Å². The Bertz CT molecular complexity index is 134. The van der Waals surface area contributed by atoms with Gasteiger partial charge >= 0.3 is 0 Å². The van der Waals surface area contributed by atoms with Crippen LogP contribution in [0.4, 0.5) is 0 Å². The Hall–Kier alpha value is -0.300. The number of ether oxygens (including phenoxy) is 1. The van der Waals surface area contributed by atoms with E-state index in [4.69, 9.17) is 4.74 Å². The summed E-state index contributed by atoms with van der Waals surface area (Å²) in [6.45, 7) is 10.4. The molecule has 1 heterocycles. The normalized spacial score (nSPS) is 26.9. The van der Waals surface area contributed by atoms with Crippen LogP contribution in [0.3, 0.4) is 0 Å². The average molecular weight is 154 g/mol. The second-order valence-corrected chi connectivity index (χ2v) is 3.44. The summed E-state index contributed by atoms with van der Waals surface area (Å²) in [4.78, 5) is 0. The van der Waals surface area contributed by atoms with Crippen LogP contribution in [-0.2, 0) is 4.74 Å². The molecule has 0 spiro atoms. The summed E-state index contributed by atoms with van der Waals surface area (Å²) in [6, 6.07) is 0. The molecule has 1 saturated heterocycles. The maximum atomic E-state index is 5.31. The van der Waals surface area contributed by atoms with E-state index in [1.54, 1.807) is 0 Å². The minimum atomic E-state index is 0.643. The van der Waals surface area contributed by atoms with Crippen LogP contribution in [0.2, 0.25) is 0 Å². The van der Waals surface area contributed by atoms with Crippen LogP contribution in [0.15, 0.2) is 12.2 Å². The SMILES string of the molecule is C=C(C(C)CC)C1CCOC1. The molecule has 1 aliphatic rings. The predicted octanol–water partition coefficient (Wildman–Crippen LogP) is 2.63. The van der Waals surface area contributed by atoms with Crippen LogP contribution in [0, 0.1) is 11.8 Å². The Labute approximate surface area is 69.4 Å². The number of hydrogen-bond donors (Lipinski definition) is 0. The van der Waals surface area contributed by atoms with Gasteiger partial charge in [0.05, 0.1) is 6.61 Å². The van der Waals surface area contributed by atoms with Gasteiger partial charge in [-0.1, -0.05) is 26.0 Å². The summed E-state index contributed by atoms with van der Waals surface area (Å²) < 4.78 is 5.31. The highest BCUT2D eigenvalue weighted by Gasteiger charge is 2.21. The maximum absolute atomic E-state index is 5.31. The molecule has 64 valence electrons. The first-order chi connectivity index (χ1) is 5.25. The molecule has 1 fully saturated rings. The number of hydrogen-bond acceptors (Lipinski definition) is 1. The van der Waals surface area contributed by atoms with E-state index in [0.29, 0.717) is 11.8 Å². The van der Waals surface area contributed by atoms with Crippen molar-refractivity contribution in [1.82, 2.24) is 0 Å². The standard InChI is InChI=1S/C10H18O/c1-4-8(2)9(3)10-5-6-11-7-10/h8,10H,3-7H2,1-2H3. The molecule has 0 aliphatic carbocycles. The van der Waals surface area contributed by atoms with Gasteiger partial charge in [0, 0.05) is 12.5 Å². The molecular formula is C10H18O. The van der Waals surface area contributed by atoms with Crippen LogP contribution in [0.5, 0.6) is 0 Å². The highest BCUT2D eigenvalue weighted by Crippen LogP contribution is 2.27. The van der Waals surface area contributed by atoms with E-state index < -0.39 is 0 Å². The zero-order chi connectivity index (χ0) is 8.27. The van der Waals surface area contributed by atoms with Crippen LogP contribution < -0.4 is 0 Å². The van der Waals surface area contributed by atoms with E-state index in [0.717, 1.165) is 13.2 Å². The average Bonchev–Trinajstić information content (AvgIpc) is 2.53. The zero-order valence-electron chi connectivity index (χ0n) is 7.60. The highest BCUT2D eigenvalue weighted by atomic mass is 16.5. The molecule has 1 aliphatic heterocycles. The van der Waals surface area contributed by atoms with Crippen LogP contribution in [-0.4, -0.2) is 13.2 Å².